The minimum atomic E-state index is -1.42. The lowest BCUT2D eigenvalue weighted by Crippen LogP contribution is -2.41. The number of nitrogens with one attached hydrogen (secondary N) is 4. The van der Waals surface area contributed by atoms with Crippen molar-refractivity contribution in [2.75, 3.05) is 57.6 Å². The second-order valence-electron chi connectivity index (χ2n) is 11.1. The van der Waals surface area contributed by atoms with Crippen LogP contribution in [0.4, 0.5) is 11.6 Å². The van der Waals surface area contributed by atoms with E-state index in [4.69, 9.17) is 31.5 Å². The van der Waals surface area contributed by atoms with Gasteiger partial charge in [-0.25, -0.2) is 19.6 Å². The number of hydrogen-bond acceptors (Lipinski definition) is 18. The van der Waals surface area contributed by atoms with E-state index in [2.05, 4.69) is 48.1 Å². The highest BCUT2D eigenvalue weighted by Crippen LogP contribution is 2.15. The molecule has 1 saturated heterocycles. The first-order valence-corrected chi connectivity index (χ1v) is 17.2. The molecule has 3 aromatic rings. The highest BCUT2D eigenvalue weighted by Gasteiger charge is 2.33. The van der Waals surface area contributed by atoms with E-state index in [1.165, 1.54) is 18.3 Å². The molecular weight excluding hydrogens is 730 g/mol. The van der Waals surface area contributed by atoms with Gasteiger partial charge in [-0.05, 0) is 63.7 Å². The van der Waals surface area contributed by atoms with E-state index in [9.17, 15) is 33.9 Å². The van der Waals surface area contributed by atoms with Crippen molar-refractivity contribution in [1.29, 1.82) is 0 Å². The van der Waals surface area contributed by atoms with Crippen LogP contribution in [0.25, 0.3) is 11.2 Å². The van der Waals surface area contributed by atoms with Gasteiger partial charge >= 0.3 is 11.9 Å². The number of rotatable bonds is 19. The number of aromatic amines is 1. The number of fused-ring (bicyclic) bond motifs is 1. The van der Waals surface area contributed by atoms with Gasteiger partial charge in [-0.15, -0.1) is 5.06 Å². The smallest absolute Gasteiger partial charge is 0.333 e. The SMILES string of the molecule is CNS.NCCCOCCOCCCN.Nc1nc2ncc(CNc3ccc(C(=O)NC(CCC(=O)ON4C(=O)CCC4=O)C(=O)O)cc3)nc2c(=O)[nH]1. The third-order valence-electron chi connectivity index (χ3n) is 6.90. The normalized spacial score (nSPS) is 12.6. The van der Waals surface area contributed by atoms with Gasteiger partial charge in [0, 0.05) is 37.3 Å². The van der Waals surface area contributed by atoms with Crippen LogP contribution in [0.5, 0.6) is 0 Å². The monoisotopic (exact) mass is 777 g/mol. The molecule has 1 aromatic carbocycles. The molecule has 1 aliphatic heterocycles. The molecule has 4 rings (SSSR count). The van der Waals surface area contributed by atoms with Crippen LogP contribution in [0, 0.1) is 0 Å². The Balaban J connectivity index is 0.000000569. The van der Waals surface area contributed by atoms with Crippen LogP contribution in [0.1, 0.15) is 54.6 Å². The molecule has 11 N–H and O–H groups in total. The first-order chi connectivity index (χ1) is 25.9. The summed E-state index contributed by atoms with van der Waals surface area (Å²) in [6, 6.07) is 4.65. The Morgan fingerprint density at radius 1 is 0.981 bits per heavy atom. The average molecular weight is 778 g/mol. The lowest BCUT2D eigenvalue weighted by atomic mass is 10.1. The Bertz CT molecular complexity index is 1700. The number of imide groups is 1. The van der Waals surface area contributed by atoms with Gasteiger partial charge in [-0.1, -0.05) is 12.8 Å². The second kappa shape index (κ2) is 24.9. The molecule has 1 unspecified atom stereocenters. The molecule has 54 heavy (non-hydrogen) atoms. The van der Waals surface area contributed by atoms with Crippen molar-refractivity contribution in [3.63, 3.8) is 0 Å². The zero-order valence-electron chi connectivity index (χ0n) is 29.7. The third-order valence-corrected chi connectivity index (χ3v) is 6.90. The minimum absolute atomic E-state index is 0.0368. The number of nitrogens with two attached hydrogens (primary N) is 3. The van der Waals surface area contributed by atoms with E-state index in [-0.39, 0.29) is 48.5 Å². The summed E-state index contributed by atoms with van der Waals surface area (Å²) in [7, 11) is 1.74. The van der Waals surface area contributed by atoms with Crippen molar-refractivity contribution in [2.45, 2.75) is 51.1 Å². The van der Waals surface area contributed by atoms with Gasteiger partial charge in [0.2, 0.25) is 5.95 Å². The van der Waals surface area contributed by atoms with Gasteiger partial charge in [-0.2, -0.15) is 4.98 Å². The zero-order chi connectivity index (χ0) is 39.9. The predicted molar refractivity (Wildman–Crippen MR) is 198 cm³/mol. The van der Waals surface area contributed by atoms with Crippen LogP contribution >= 0.6 is 12.8 Å². The first-order valence-electron chi connectivity index (χ1n) is 16.8. The molecule has 1 atom stereocenters. The van der Waals surface area contributed by atoms with Crippen molar-refractivity contribution >= 4 is 65.3 Å². The Labute approximate surface area is 315 Å². The number of nitrogens with zero attached hydrogens (tertiary/aromatic N) is 4. The number of thiol groups is 1. The molecule has 2 aromatic heterocycles. The first kappa shape index (κ1) is 44.9. The number of hydrogen-bond donors (Lipinski definition) is 9. The molecule has 21 nitrogen and oxygen atoms in total. The number of carbonyl (C=O) groups excluding carboxylic acids is 4. The summed E-state index contributed by atoms with van der Waals surface area (Å²) in [6.45, 7) is 4.36. The molecule has 3 amide bonds. The molecular formula is C32H47N11O10S. The van der Waals surface area contributed by atoms with E-state index >= 15 is 0 Å². The number of hydroxylamine groups is 2. The molecule has 0 saturated carbocycles. The maximum absolute atomic E-state index is 12.6. The number of anilines is 2. The summed E-state index contributed by atoms with van der Waals surface area (Å²) in [5.74, 6) is -4.43. The fraction of sp³-hybridized carbons (Fsp3) is 0.469. The number of carbonyl (C=O) groups is 5. The standard InChI is InChI=1S/C23H22N8O8.C8H20N2O2.CH5NS/c24-23-29-19-18(21(36)30-23)27-13(10-26-19)9-25-12-3-1-11(2-4-12)20(35)28-14(22(37)38)5-8-17(34)39-31-15(32)6-7-16(31)33;9-3-1-5-11-7-8-12-6-2-4-10;1-2-3/h1-4,10,14,25H,5-9H2,(H,28,35)(H,37,38)(H3,24,26,29,30,36);1-10H2;2-3H,1H3. The van der Waals surface area contributed by atoms with Gasteiger partial charge in [0.15, 0.2) is 11.2 Å². The zero-order valence-corrected chi connectivity index (χ0v) is 30.6. The highest BCUT2D eigenvalue weighted by molar-refractivity contribution is 7.78. The van der Waals surface area contributed by atoms with Crippen LogP contribution in [-0.4, -0.2) is 112 Å². The van der Waals surface area contributed by atoms with Crippen molar-refractivity contribution in [3.05, 3.63) is 52.1 Å². The molecule has 3 heterocycles. The third kappa shape index (κ3) is 16.2. The number of amides is 3. The summed E-state index contributed by atoms with van der Waals surface area (Å²) < 4.78 is 12.9. The van der Waals surface area contributed by atoms with Crippen molar-refractivity contribution in [1.82, 2.24) is 35.0 Å². The fourth-order valence-corrected chi connectivity index (χ4v) is 4.25. The summed E-state index contributed by atoms with van der Waals surface area (Å²) in [4.78, 5) is 90.4. The summed E-state index contributed by atoms with van der Waals surface area (Å²) >= 11 is 3.54. The summed E-state index contributed by atoms with van der Waals surface area (Å²) in [5.41, 5.74) is 16.9. The minimum Gasteiger partial charge on any atom is -0.480 e. The molecule has 1 fully saturated rings. The van der Waals surface area contributed by atoms with E-state index in [0.29, 0.717) is 42.7 Å². The quantitative estimate of drug-likeness (QED) is 0.0410. The van der Waals surface area contributed by atoms with Crippen LogP contribution in [0.2, 0.25) is 0 Å². The van der Waals surface area contributed by atoms with E-state index in [1.54, 1.807) is 19.2 Å². The lowest BCUT2D eigenvalue weighted by molar-refractivity contribution is -0.197. The number of benzene rings is 1. The van der Waals surface area contributed by atoms with Crippen molar-refractivity contribution < 1.29 is 43.4 Å². The van der Waals surface area contributed by atoms with Crippen molar-refractivity contribution in [2.24, 2.45) is 11.5 Å². The maximum atomic E-state index is 12.6. The van der Waals surface area contributed by atoms with E-state index in [0.717, 1.165) is 26.1 Å². The number of aromatic nitrogens is 4. The Morgan fingerprint density at radius 2 is 1.57 bits per heavy atom. The van der Waals surface area contributed by atoms with Crippen LogP contribution in [-0.2, 0) is 40.0 Å². The van der Waals surface area contributed by atoms with Gasteiger partial charge < -0.3 is 47.3 Å². The Morgan fingerprint density at radius 3 is 2.13 bits per heavy atom. The van der Waals surface area contributed by atoms with Gasteiger partial charge in [-0.3, -0.25) is 28.9 Å². The maximum Gasteiger partial charge on any atom is 0.333 e. The largest absolute Gasteiger partial charge is 0.480 e. The Kier molecular flexibility index (Phi) is 20.7. The van der Waals surface area contributed by atoms with E-state index in [1.807, 2.05) is 0 Å². The molecule has 22 heteroatoms. The fourth-order valence-electron chi connectivity index (χ4n) is 4.25. The second-order valence-corrected chi connectivity index (χ2v) is 11.5. The number of carboxylic acid groups (broad SMARTS) is 1. The highest BCUT2D eigenvalue weighted by atomic mass is 32.1. The van der Waals surface area contributed by atoms with Crippen LogP contribution in [0.3, 0.4) is 0 Å². The number of nitrogen functional groups attached to an aromatic ring is 1. The molecule has 0 bridgehead atoms. The molecule has 296 valence electrons. The molecule has 0 spiro atoms. The van der Waals surface area contributed by atoms with E-state index < -0.39 is 47.7 Å². The number of aliphatic carboxylic acids is 1. The number of ether oxygens (including phenoxy) is 2. The number of carboxylic acids is 1. The molecule has 0 radical (unpaired) electrons. The molecule has 1 aliphatic rings. The topological polar surface area (TPSA) is 322 Å². The van der Waals surface area contributed by atoms with Gasteiger partial charge in [0.05, 0.1) is 38.1 Å². The summed E-state index contributed by atoms with van der Waals surface area (Å²) in [6.07, 6.45) is 2.36. The molecule has 0 aliphatic carbocycles. The van der Waals surface area contributed by atoms with Crippen LogP contribution < -0.4 is 38.1 Å². The predicted octanol–water partition coefficient (Wildman–Crippen LogP) is -0.754. The van der Waals surface area contributed by atoms with Crippen LogP contribution in [0.15, 0.2) is 35.3 Å². The summed E-state index contributed by atoms with van der Waals surface area (Å²) in [5, 5.41) is 15.2. The Hall–Kier alpha value is -5.26. The number of H-pyrrole nitrogens is 1. The lowest BCUT2D eigenvalue weighted by Gasteiger charge is -2.16. The average Bonchev–Trinajstić information content (AvgIpc) is 3.46. The van der Waals surface area contributed by atoms with Gasteiger partial charge in [0.25, 0.3) is 23.3 Å². The van der Waals surface area contributed by atoms with Crippen molar-refractivity contribution in [3.8, 4) is 0 Å². The van der Waals surface area contributed by atoms with Gasteiger partial charge in [0.1, 0.15) is 6.04 Å².